The first-order valence-electron chi connectivity index (χ1n) is 9.48. The van der Waals surface area contributed by atoms with Crippen molar-refractivity contribution in [1.29, 1.82) is 0 Å². The van der Waals surface area contributed by atoms with E-state index in [2.05, 4.69) is 10.1 Å². The third kappa shape index (κ3) is 2.82. The number of nitrogens with one attached hydrogen (secondary N) is 1. The van der Waals surface area contributed by atoms with E-state index in [0.29, 0.717) is 11.2 Å². The number of rotatable bonds is 3. The number of aromatic amines is 1. The minimum Gasteiger partial charge on any atom is -0.508 e. The van der Waals surface area contributed by atoms with E-state index in [0.717, 1.165) is 22.4 Å². The number of nitrogen functional groups attached to an aromatic ring is 1. The fraction of sp³-hybridized carbons (Fsp3) is 0. The number of anilines is 1. The van der Waals surface area contributed by atoms with E-state index in [9.17, 15) is 9.90 Å². The summed E-state index contributed by atoms with van der Waals surface area (Å²) in [6.07, 6.45) is 0. The monoisotopic (exact) mass is 394 g/mol. The normalized spacial score (nSPS) is 11.1. The standard InChI is InChI=1S/C24H18N4O2/c25-22-20(16-11-13-18(29)14-12-16)24(30)28-23(26-22)19(15-7-3-1-4-8-15)21(27-28)17-9-5-2-6-10-17/h1-14,27,29H,25H2. The maximum absolute atomic E-state index is 13.4. The van der Waals surface area contributed by atoms with Crippen LogP contribution in [-0.2, 0) is 0 Å². The summed E-state index contributed by atoms with van der Waals surface area (Å²) < 4.78 is 1.43. The summed E-state index contributed by atoms with van der Waals surface area (Å²) in [6, 6.07) is 25.9. The number of fused-ring (bicyclic) bond motifs is 1. The average Bonchev–Trinajstić information content (AvgIpc) is 3.16. The molecule has 0 radical (unpaired) electrons. The third-order valence-electron chi connectivity index (χ3n) is 5.09. The second kappa shape index (κ2) is 6.93. The number of benzene rings is 3. The predicted octanol–water partition coefficient (Wildman–Crippen LogP) is 4.31. The van der Waals surface area contributed by atoms with Crippen LogP contribution in [0.15, 0.2) is 89.7 Å². The fourth-order valence-electron chi connectivity index (χ4n) is 3.68. The summed E-state index contributed by atoms with van der Waals surface area (Å²) >= 11 is 0. The second-order valence-electron chi connectivity index (χ2n) is 6.98. The van der Waals surface area contributed by atoms with E-state index in [4.69, 9.17) is 5.73 Å². The maximum Gasteiger partial charge on any atom is 0.282 e. The molecule has 0 aliphatic rings. The molecule has 0 atom stereocenters. The van der Waals surface area contributed by atoms with E-state index >= 15 is 0 Å². The molecule has 30 heavy (non-hydrogen) atoms. The van der Waals surface area contributed by atoms with Crippen LogP contribution in [0.25, 0.3) is 39.2 Å². The molecule has 146 valence electrons. The van der Waals surface area contributed by atoms with Crippen molar-refractivity contribution in [2.24, 2.45) is 0 Å². The molecule has 3 aromatic carbocycles. The zero-order valence-electron chi connectivity index (χ0n) is 15.9. The molecule has 0 saturated heterocycles. The zero-order valence-corrected chi connectivity index (χ0v) is 15.9. The Hall–Kier alpha value is -4.32. The Balaban J connectivity index is 1.86. The molecule has 0 amide bonds. The molecule has 0 aliphatic heterocycles. The molecule has 2 heterocycles. The van der Waals surface area contributed by atoms with Crippen LogP contribution < -0.4 is 11.3 Å². The Morgan fingerprint density at radius 2 is 1.33 bits per heavy atom. The van der Waals surface area contributed by atoms with Crippen LogP contribution in [-0.4, -0.2) is 19.7 Å². The number of hydrogen-bond donors (Lipinski definition) is 3. The topological polar surface area (TPSA) is 96.4 Å². The van der Waals surface area contributed by atoms with Gasteiger partial charge in [-0.1, -0.05) is 72.8 Å². The molecule has 0 saturated carbocycles. The van der Waals surface area contributed by atoms with E-state index in [1.807, 2.05) is 60.7 Å². The summed E-state index contributed by atoms with van der Waals surface area (Å²) in [5, 5.41) is 12.8. The zero-order chi connectivity index (χ0) is 20.7. The van der Waals surface area contributed by atoms with Gasteiger partial charge >= 0.3 is 0 Å². The van der Waals surface area contributed by atoms with Crippen molar-refractivity contribution in [3.8, 4) is 39.3 Å². The summed E-state index contributed by atoms with van der Waals surface area (Å²) in [4.78, 5) is 18.0. The lowest BCUT2D eigenvalue weighted by atomic mass is 10.0. The molecule has 0 aliphatic carbocycles. The number of H-pyrrole nitrogens is 1. The number of nitrogens with two attached hydrogens (primary N) is 1. The molecular formula is C24H18N4O2. The van der Waals surface area contributed by atoms with Gasteiger partial charge in [-0.25, -0.2) is 4.98 Å². The molecule has 5 rings (SSSR count). The van der Waals surface area contributed by atoms with Crippen molar-refractivity contribution in [3.05, 3.63) is 95.3 Å². The van der Waals surface area contributed by atoms with Gasteiger partial charge in [0.2, 0.25) is 0 Å². The Morgan fingerprint density at radius 1 is 0.767 bits per heavy atom. The van der Waals surface area contributed by atoms with Gasteiger partial charge in [0.15, 0.2) is 5.65 Å². The van der Waals surface area contributed by atoms with Gasteiger partial charge in [-0.2, -0.15) is 4.52 Å². The molecule has 0 spiro atoms. The van der Waals surface area contributed by atoms with Gasteiger partial charge in [0, 0.05) is 5.56 Å². The van der Waals surface area contributed by atoms with E-state index in [1.54, 1.807) is 12.1 Å². The Bertz CT molecular complexity index is 1400. The third-order valence-corrected chi connectivity index (χ3v) is 5.09. The Morgan fingerprint density at radius 3 is 1.97 bits per heavy atom. The average molecular weight is 394 g/mol. The van der Waals surface area contributed by atoms with Crippen LogP contribution in [0.2, 0.25) is 0 Å². The van der Waals surface area contributed by atoms with Crippen LogP contribution in [0.5, 0.6) is 5.75 Å². The lowest BCUT2D eigenvalue weighted by Crippen LogP contribution is -2.19. The highest BCUT2D eigenvalue weighted by atomic mass is 16.3. The van der Waals surface area contributed by atoms with Gasteiger partial charge in [-0.05, 0) is 23.3 Å². The molecule has 5 aromatic rings. The SMILES string of the molecule is Nc1nc2c(-c3ccccc3)c(-c3ccccc3)[nH]n2c(=O)c1-c1ccc(O)cc1. The van der Waals surface area contributed by atoms with Crippen molar-refractivity contribution < 1.29 is 5.11 Å². The highest BCUT2D eigenvalue weighted by Gasteiger charge is 2.21. The molecule has 0 fully saturated rings. The van der Waals surface area contributed by atoms with Crippen LogP contribution in [0, 0.1) is 0 Å². The van der Waals surface area contributed by atoms with Gasteiger partial charge in [0.1, 0.15) is 11.6 Å². The molecule has 4 N–H and O–H groups in total. The van der Waals surface area contributed by atoms with Crippen molar-refractivity contribution in [3.63, 3.8) is 0 Å². The van der Waals surface area contributed by atoms with Gasteiger partial charge in [-0.15, -0.1) is 0 Å². The lowest BCUT2D eigenvalue weighted by molar-refractivity contribution is 0.475. The van der Waals surface area contributed by atoms with Crippen molar-refractivity contribution >= 4 is 11.5 Å². The van der Waals surface area contributed by atoms with E-state index in [1.165, 1.54) is 16.6 Å². The largest absolute Gasteiger partial charge is 0.508 e. The number of phenols is 1. The lowest BCUT2D eigenvalue weighted by Gasteiger charge is -2.07. The fourth-order valence-corrected chi connectivity index (χ4v) is 3.68. The van der Waals surface area contributed by atoms with Gasteiger partial charge in [0.05, 0.1) is 16.8 Å². The number of nitrogens with zero attached hydrogens (tertiary/aromatic N) is 2. The van der Waals surface area contributed by atoms with Crippen molar-refractivity contribution in [1.82, 2.24) is 14.6 Å². The van der Waals surface area contributed by atoms with Gasteiger partial charge < -0.3 is 10.8 Å². The van der Waals surface area contributed by atoms with Crippen LogP contribution in [0.1, 0.15) is 0 Å². The highest BCUT2D eigenvalue weighted by molar-refractivity contribution is 5.91. The van der Waals surface area contributed by atoms with Gasteiger partial charge in [-0.3, -0.25) is 9.89 Å². The molecular weight excluding hydrogens is 376 g/mol. The number of aromatic hydroxyl groups is 1. The quantitative estimate of drug-likeness (QED) is 0.425. The van der Waals surface area contributed by atoms with Gasteiger partial charge in [0.25, 0.3) is 5.56 Å². The summed E-state index contributed by atoms with van der Waals surface area (Å²) in [5.74, 6) is 0.255. The Labute approximate surface area is 171 Å². The van der Waals surface area contributed by atoms with Crippen molar-refractivity contribution in [2.45, 2.75) is 0 Å². The number of aromatic nitrogens is 3. The summed E-state index contributed by atoms with van der Waals surface area (Å²) in [7, 11) is 0. The van der Waals surface area contributed by atoms with E-state index < -0.39 is 0 Å². The van der Waals surface area contributed by atoms with Crippen LogP contribution in [0.3, 0.4) is 0 Å². The first-order chi connectivity index (χ1) is 14.6. The molecule has 0 bridgehead atoms. The second-order valence-corrected chi connectivity index (χ2v) is 6.98. The molecule has 6 heteroatoms. The predicted molar refractivity (Wildman–Crippen MR) is 118 cm³/mol. The van der Waals surface area contributed by atoms with Crippen LogP contribution in [0.4, 0.5) is 5.82 Å². The molecule has 2 aromatic heterocycles. The molecule has 6 nitrogen and oxygen atoms in total. The minimum absolute atomic E-state index is 0.115. The van der Waals surface area contributed by atoms with Crippen LogP contribution >= 0.6 is 0 Å². The summed E-state index contributed by atoms with van der Waals surface area (Å²) in [6.45, 7) is 0. The van der Waals surface area contributed by atoms with E-state index in [-0.39, 0.29) is 22.7 Å². The first-order valence-corrected chi connectivity index (χ1v) is 9.48. The molecule has 0 unspecified atom stereocenters. The highest BCUT2D eigenvalue weighted by Crippen LogP contribution is 2.35. The number of hydrogen-bond acceptors (Lipinski definition) is 4. The maximum atomic E-state index is 13.4. The minimum atomic E-state index is -0.303. The summed E-state index contributed by atoms with van der Waals surface area (Å²) in [5.41, 5.74) is 10.7. The number of phenolic OH excluding ortho intramolecular Hbond substituents is 1. The Kier molecular flexibility index (Phi) is 4.10. The first kappa shape index (κ1) is 17.8. The van der Waals surface area contributed by atoms with Crippen molar-refractivity contribution in [2.75, 3.05) is 5.73 Å². The smallest absolute Gasteiger partial charge is 0.282 e.